The second-order valence-corrected chi connectivity index (χ2v) is 7.29. The largest absolute Gasteiger partial charge is 0.383 e. The summed E-state index contributed by atoms with van der Waals surface area (Å²) >= 11 is 0. The molecule has 0 bridgehead atoms. The smallest absolute Gasteiger partial charge is 0.292 e. The van der Waals surface area contributed by atoms with Crippen molar-refractivity contribution in [2.45, 2.75) is 31.6 Å². The molecule has 30 heavy (non-hydrogen) atoms. The van der Waals surface area contributed by atoms with Crippen molar-refractivity contribution in [3.8, 4) is 0 Å². The minimum absolute atomic E-state index is 0.0458. The molecule has 4 N–H and O–H groups in total. The zero-order valence-corrected chi connectivity index (χ0v) is 16.1. The molecule has 0 saturated carbocycles. The maximum Gasteiger partial charge on any atom is 0.292 e. The van der Waals surface area contributed by atoms with Gasteiger partial charge in [0.1, 0.15) is 17.3 Å². The Kier molecular flexibility index (Phi) is 5.17. The Bertz CT molecular complexity index is 1020. The van der Waals surface area contributed by atoms with Crippen molar-refractivity contribution in [1.29, 1.82) is 0 Å². The zero-order chi connectivity index (χ0) is 21.3. The fraction of sp³-hybridized carbons (Fsp3) is 0.368. The van der Waals surface area contributed by atoms with E-state index in [0.29, 0.717) is 11.5 Å². The van der Waals surface area contributed by atoms with Gasteiger partial charge in [0, 0.05) is 25.6 Å². The number of nitrogens with one attached hydrogen (secondary N) is 2. The van der Waals surface area contributed by atoms with Gasteiger partial charge in [-0.1, -0.05) is 12.1 Å². The van der Waals surface area contributed by atoms with Crippen molar-refractivity contribution >= 4 is 40.8 Å². The molecule has 1 aromatic carbocycles. The number of hydrogen-bond donors (Lipinski definition) is 3. The lowest BCUT2D eigenvalue weighted by Gasteiger charge is -2.30. The van der Waals surface area contributed by atoms with Gasteiger partial charge in [-0.25, -0.2) is 0 Å². The van der Waals surface area contributed by atoms with Crippen LogP contribution in [-0.4, -0.2) is 39.8 Å². The standard InChI is InChI=1S/C19H21N7O4/c20-16-15-11(18(28)21-12-6-2-3-7-13(12)26(29)30)10-14(27)22-17(15)24-19(23-16)25-8-4-1-5-9-25/h2-3,6-7,11H,1,4-5,8-10H2,(H,21,28)(H3,20,22,23,24,27). The first-order valence-electron chi connectivity index (χ1n) is 9.70. The fourth-order valence-corrected chi connectivity index (χ4v) is 3.80. The Morgan fingerprint density at radius 3 is 2.70 bits per heavy atom. The molecule has 1 unspecified atom stereocenters. The van der Waals surface area contributed by atoms with Crippen LogP contribution in [0.15, 0.2) is 24.3 Å². The van der Waals surface area contributed by atoms with E-state index < -0.39 is 16.7 Å². The van der Waals surface area contributed by atoms with Gasteiger partial charge in [0.05, 0.1) is 16.4 Å². The first-order chi connectivity index (χ1) is 14.4. The molecule has 3 heterocycles. The van der Waals surface area contributed by atoms with E-state index in [1.165, 1.54) is 18.2 Å². The summed E-state index contributed by atoms with van der Waals surface area (Å²) in [4.78, 5) is 46.7. The molecule has 11 heteroatoms. The minimum atomic E-state index is -0.955. The molecule has 1 aromatic heterocycles. The number of aromatic nitrogens is 2. The van der Waals surface area contributed by atoms with E-state index >= 15 is 0 Å². The van der Waals surface area contributed by atoms with E-state index in [0.717, 1.165) is 32.4 Å². The van der Waals surface area contributed by atoms with Crippen molar-refractivity contribution in [1.82, 2.24) is 9.97 Å². The monoisotopic (exact) mass is 411 g/mol. The molecule has 0 radical (unpaired) electrons. The molecule has 4 rings (SSSR count). The molecule has 0 spiro atoms. The quantitative estimate of drug-likeness (QED) is 0.509. The normalized spacial score (nSPS) is 18.3. The van der Waals surface area contributed by atoms with Gasteiger partial charge in [-0.05, 0) is 25.3 Å². The van der Waals surface area contributed by atoms with Crippen LogP contribution in [0.2, 0.25) is 0 Å². The first kappa shape index (κ1) is 19.6. The molecular weight excluding hydrogens is 390 g/mol. The van der Waals surface area contributed by atoms with E-state index in [9.17, 15) is 19.7 Å². The third-order valence-corrected chi connectivity index (χ3v) is 5.27. The molecule has 1 fully saturated rings. The van der Waals surface area contributed by atoms with Crippen LogP contribution in [-0.2, 0) is 9.59 Å². The Morgan fingerprint density at radius 2 is 1.97 bits per heavy atom. The number of nitrogen functional groups attached to an aromatic ring is 1. The summed E-state index contributed by atoms with van der Waals surface area (Å²) in [6, 6.07) is 5.80. The van der Waals surface area contributed by atoms with Crippen molar-refractivity contribution in [3.05, 3.63) is 39.9 Å². The highest BCUT2D eigenvalue weighted by Crippen LogP contribution is 2.37. The number of hydrogen-bond acceptors (Lipinski definition) is 8. The summed E-state index contributed by atoms with van der Waals surface area (Å²) < 4.78 is 0. The molecule has 2 amide bonds. The van der Waals surface area contributed by atoms with E-state index in [2.05, 4.69) is 20.6 Å². The summed E-state index contributed by atoms with van der Waals surface area (Å²) in [5, 5.41) is 16.4. The SMILES string of the molecule is Nc1nc(N2CCCCC2)nc2c1C(C(=O)Nc1ccccc1[N+](=O)[O-])CC(=O)N2. The van der Waals surface area contributed by atoms with E-state index in [1.807, 2.05) is 4.90 Å². The van der Waals surface area contributed by atoms with Crippen LogP contribution >= 0.6 is 0 Å². The minimum Gasteiger partial charge on any atom is -0.383 e. The summed E-state index contributed by atoms with van der Waals surface area (Å²) in [5.41, 5.74) is 6.31. The topological polar surface area (TPSA) is 156 Å². The first-order valence-corrected chi connectivity index (χ1v) is 9.70. The van der Waals surface area contributed by atoms with Crippen molar-refractivity contribution in [2.75, 3.05) is 34.4 Å². The highest BCUT2D eigenvalue weighted by atomic mass is 16.6. The number of benzene rings is 1. The van der Waals surface area contributed by atoms with Crippen LogP contribution in [0.1, 0.15) is 37.2 Å². The van der Waals surface area contributed by atoms with Crippen molar-refractivity contribution in [3.63, 3.8) is 0 Å². The highest BCUT2D eigenvalue weighted by molar-refractivity contribution is 6.06. The van der Waals surface area contributed by atoms with Gasteiger partial charge in [-0.3, -0.25) is 19.7 Å². The number of piperidine rings is 1. The van der Waals surface area contributed by atoms with Crippen LogP contribution in [0.25, 0.3) is 0 Å². The summed E-state index contributed by atoms with van der Waals surface area (Å²) in [6.07, 6.45) is 3.03. The summed E-state index contributed by atoms with van der Waals surface area (Å²) in [6.45, 7) is 1.60. The van der Waals surface area contributed by atoms with Crippen LogP contribution in [0.5, 0.6) is 0 Å². The maximum absolute atomic E-state index is 13.0. The lowest BCUT2D eigenvalue weighted by molar-refractivity contribution is -0.383. The van der Waals surface area contributed by atoms with Crippen molar-refractivity contribution < 1.29 is 14.5 Å². The van der Waals surface area contributed by atoms with Crippen LogP contribution in [0, 0.1) is 10.1 Å². The number of amides is 2. The highest BCUT2D eigenvalue weighted by Gasteiger charge is 2.36. The molecule has 2 aliphatic heterocycles. The third-order valence-electron chi connectivity index (χ3n) is 5.27. The number of carbonyl (C=O) groups is 2. The van der Waals surface area contributed by atoms with Crippen LogP contribution in [0.3, 0.4) is 0 Å². The van der Waals surface area contributed by atoms with Gasteiger partial charge in [0.25, 0.3) is 5.69 Å². The van der Waals surface area contributed by atoms with Gasteiger partial charge in [0.15, 0.2) is 0 Å². The predicted octanol–water partition coefficient (Wildman–Crippen LogP) is 2.02. The van der Waals surface area contributed by atoms with Crippen LogP contribution in [0.4, 0.5) is 29.0 Å². The number of anilines is 4. The number of nitro groups is 1. The number of nitro benzene ring substituents is 1. The predicted molar refractivity (Wildman–Crippen MR) is 110 cm³/mol. The molecule has 1 atom stereocenters. The van der Waals surface area contributed by atoms with Crippen LogP contribution < -0.4 is 21.3 Å². The lowest BCUT2D eigenvalue weighted by Crippen LogP contribution is -2.35. The number of nitrogens with zero attached hydrogens (tertiary/aromatic N) is 4. The number of para-hydroxylation sites is 2. The number of carbonyl (C=O) groups excluding carboxylic acids is 2. The van der Waals surface area contributed by atoms with Gasteiger partial charge in [-0.15, -0.1) is 0 Å². The van der Waals surface area contributed by atoms with E-state index in [4.69, 9.17) is 5.73 Å². The second kappa shape index (κ2) is 7.93. The van der Waals surface area contributed by atoms with Gasteiger partial charge < -0.3 is 21.3 Å². The van der Waals surface area contributed by atoms with Gasteiger partial charge in [-0.2, -0.15) is 9.97 Å². The molecule has 156 valence electrons. The fourth-order valence-electron chi connectivity index (χ4n) is 3.80. The number of nitrogens with two attached hydrogens (primary N) is 1. The van der Waals surface area contributed by atoms with Crippen molar-refractivity contribution in [2.24, 2.45) is 0 Å². The maximum atomic E-state index is 13.0. The second-order valence-electron chi connectivity index (χ2n) is 7.29. The Labute approximate surface area is 171 Å². The van der Waals surface area contributed by atoms with Gasteiger partial charge in [0.2, 0.25) is 17.8 Å². The Morgan fingerprint density at radius 1 is 1.23 bits per heavy atom. The number of rotatable bonds is 4. The Balaban J connectivity index is 1.65. The Hall–Kier alpha value is -3.76. The average molecular weight is 411 g/mol. The number of fused-ring (bicyclic) bond motifs is 1. The molecular formula is C19H21N7O4. The summed E-state index contributed by atoms with van der Waals surface area (Å²) in [7, 11) is 0. The average Bonchev–Trinajstić information content (AvgIpc) is 2.73. The molecule has 11 nitrogen and oxygen atoms in total. The zero-order valence-electron chi connectivity index (χ0n) is 16.1. The van der Waals surface area contributed by atoms with E-state index in [1.54, 1.807) is 6.07 Å². The molecule has 2 aliphatic rings. The van der Waals surface area contributed by atoms with E-state index in [-0.39, 0.29) is 35.3 Å². The third kappa shape index (κ3) is 3.73. The molecule has 2 aromatic rings. The lowest BCUT2D eigenvalue weighted by atomic mass is 9.91. The molecule has 1 saturated heterocycles. The summed E-state index contributed by atoms with van der Waals surface area (Å²) in [5.74, 6) is -1.17. The van der Waals surface area contributed by atoms with Gasteiger partial charge >= 0.3 is 0 Å². The molecule has 0 aliphatic carbocycles.